The Morgan fingerprint density at radius 3 is 3.00 bits per heavy atom. The molecule has 0 aliphatic carbocycles. The molecule has 1 saturated heterocycles. The quantitative estimate of drug-likeness (QED) is 0.302. The monoisotopic (exact) mass is 291 g/mol. The maximum Gasteiger partial charge on any atom is 0.189 e. The Bertz CT molecular complexity index is 471. The van der Waals surface area contributed by atoms with Crippen molar-refractivity contribution < 1.29 is 5.21 Å². The number of amidine groups is 1. The van der Waals surface area contributed by atoms with Crippen molar-refractivity contribution in [1.29, 1.82) is 0 Å². The molecule has 2 rings (SSSR count). The highest BCUT2D eigenvalue weighted by Crippen LogP contribution is 2.10. The molecule has 1 aromatic heterocycles. The van der Waals surface area contributed by atoms with Gasteiger partial charge < -0.3 is 21.2 Å². The maximum atomic E-state index is 8.78. The van der Waals surface area contributed by atoms with Gasteiger partial charge in [-0.15, -0.1) is 0 Å². The molecule has 1 aliphatic heterocycles. The third-order valence-electron chi connectivity index (χ3n) is 3.82. The standard InChI is InChI=1S/C15H25N5O/c1-12(11-20-7-2-3-8-20)9-17-10-13-5-4-6-18-14(13)15(16)19-21/h4-6,12,17,21H,2-3,7-11H2,1H3,(H2,16,19). The zero-order chi connectivity index (χ0) is 15.1. The van der Waals surface area contributed by atoms with Crippen LogP contribution in [0, 0.1) is 5.92 Å². The summed E-state index contributed by atoms with van der Waals surface area (Å²) in [6.07, 6.45) is 4.31. The number of hydrogen-bond acceptors (Lipinski definition) is 5. The Hall–Kier alpha value is -1.66. The average Bonchev–Trinajstić information content (AvgIpc) is 3.00. The predicted octanol–water partition coefficient (Wildman–Crippen LogP) is 0.998. The van der Waals surface area contributed by atoms with Crippen LogP contribution in [-0.4, -0.2) is 47.1 Å². The first-order chi connectivity index (χ1) is 10.2. The summed E-state index contributed by atoms with van der Waals surface area (Å²) in [5.41, 5.74) is 7.13. The van der Waals surface area contributed by atoms with Crippen molar-refractivity contribution >= 4 is 5.84 Å². The Balaban J connectivity index is 1.80. The first-order valence-corrected chi connectivity index (χ1v) is 7.55. The van der Waals surface area contributed by atoms with E-state index < -0.39 is 0 Å². The molecule has 0 radical (unpaired) electrons. The van der Waals surface area contributed by atoms with E-state index >= 15 is 0 Å². The maximum absolute atomic E-state index is 8.78. The summed E-state index contributed by atoms with van der Waals surface area (Å²) in [6.45, 7) is 7.50. The summed E-state index contributed by atoms with van der Waals surface area (Å²) in [7, 11) is 0. The van der Waals surface area contributed by atoms with Gasteiger partial charge in [-0.3, -0.25) is 4.98 Å². The number of likely N-dealkylation sites (tertiary alicyclic amines) is 1. The molecule has 4 N–H and O–H groups in total. The van der Waals surface area contributed by atoms with Gasteiger partial charge in [-0.05, 0) is 50.0 Å². The van der Waals surface area contributed by atoms with Crippen LogP contribution in [0.5, 0.6) is 0 Å². The van der Waals surface area contributed by atoms with E-state index in [0.717, 1.165) is 18.7 Å². The third kappa shape index (κ3) is 4.68. The molecule has 116 valence electrons. The van der Waals surface area contributed by atoms with Gasteiger partial charge >= 0.3 is 0 Å². The fourth-order valence-corrected chi connectivity index (χ4v) is 2.78. The second kappa shape index (κ2) is 7.95. The molecule has 1 aliphatic rings. The zero-order valence-electron chi connectivity index (χ0n) is 12.6. The molecule has 0 spiro atoms. The summed E-state index contributed by atoms with van der Waals surface area (Å²) in [4.78, 5) is 6.69. The van der Waals surface area contributed by atoms with Gasteiger partial charge in [-0.1, -0.05) is 18.1 Å². The fourth-order valence-electron chi connectivity index (χ4n) is 2.78. The number of hydrogen-bond donors (Lipinski definition) is 3. The van der Waals surface area contributed by atoms with E-state index in [-0.39, 0.29) is 5.84 Å². The minimum Gasteiger partial charge on any atom is -0.409 e. The Kier molecular flexibility index (Phi) is 5.95. The SMILES string of the molecule is CC(CNCc1cccnc1C(N)=NO)CN1CCCC1. The van der Waals surface area contributed by atoms with E-state index in [1.165, 1.54) is 25.9 Å². The van der Waals surface area contributed by atoms with Crippen LogP contribution < -0.4 is 11.1 Å². The van der Waals surface area contributed by atoms with Gasteiger partial charge in [0.25, 0.3) is 0 Å². The molecule has 1 fully saturated rings. The van der Waals surface area contributed by atoms with E-state index in [1.807, 2.05) is 12.1 Å². The molecule has 21 heavy (non-hydrogen) atoms. The van der Waals surface area contributed by atoms with E-state index in [0.29, 0.717) is 18.2 Å². The smallest absolute Gasteiger partial charge is 0.189 e. The number of nitrogens with two attached hydrogens (primary N) is 1. The predicted molar refractivity (Wildman–Crippen MR) is 83.3 cm³/mol. The van der Waals surface area contributed by atoms with Gasteiger partial charge in [0.15, 0.2) is 5.84 Å². The van der Waals surface area contributed by atoms with Crippen molar-refractivity contribution in [3.8, 4) is 0 Å². The van der Waals surface area contributed by atoms with Crippen molar-refractivity contribution in [2.75, 3.05) is 26.2 Å². The van der Waals surface area contributed by atoms with Gasteiger partial charge in [0.05, 0.1) is 0 Å². The van der Waals surface area contributed by atoms with Crippen molar-refractivity contribution in [3.63, 3.8) is 0 Å². The average molecular weight is 291 g/mol. The van der Waals surface area contributed by atoms with Crippen LogP contribution in [0.25, 0.3) is 0 Å². The van der Waals surface area contributed by atoms with Crippen LogP contribution in [0.4, 0.5) is 0 Å². The summed E-state index contributed by atoms with van der Waals surface area (Å²) in [6, 6.07) is 3.80. The lowest BCUT2D eigenvalue weighted by Gasteiger charge is -2.20. The van der Waals surface area contributed by atoms with Crippen molar-refractivity contribution in [2.24, 2.45) is 16.8 Å². The Morgan fingerprint density at radius 1 is 1.52 bits per heavy atom. The van der Waals surface area contributed by atoms with Crippen LogP contribution in [0.3, 0.4) is 0 Å². The van der Waals surface area contributed by atoms with Crippen LogP contribution in [-0.2, 0) is 6.54 Å². The van der Waals surface area contributed by atoms with Crippen molar-refractivity contribution in [1.82, 2.24) is 15.2 Å². The lowest BCUT2D eigenvalue weighted by atomic mass is 10.1. The van der Waals surface area contributed by atoms with Crippen LogP contribution in [0.1, 0.15) is 31.0 Å². The molecule has 6 heteroatoms. The van der Waals surface area contributed by atoms with E-state index in [1.54, 1.807) is 6.20 Å². The van der Waals surface area contributed by atoms with E-state index in [4.69, 9.17) is 10.9 Å². The number of aromatic nitrogens is 1. The van der Waals surface area contributed by atoms with Crippen LogP contribution in [0.2, 0.25) is 0 Å². The summed E-state index contributed by atoms with van der Waals surface area (Å²) in [5, 5.41) is 15.2. The van der Waals surface area contributed by atoms with Crippen molar-refractivity contribution in [3.05, 3.63) is 29.6 Å². The van der Waals surface area contributed by atoms with Gasteiger partial charge in [0.1, 0.15) is 5.69 Å². The fraction of sp³-hybridized carbons (Fsp3) is 0.600. The number of oxime groups is 1. The number of nitrogens with one attached hydrogen (secondary N) is 1. The molecule has 0 bridgehead atoms. The van der Waals surface area contributed by atoms with Gasteiger partial charge in [0.2, 0.25) is 0 Å². The molecule has 1 atom stereocenters. The molecular weight excluding hydrogens is 266 g/mol. The Morgan fingerprint density at radius 2 is 2.29 bits per heavy atom. The van der Waals surface area contributed by atoms with Gasteiger partial charge in [-0.2, -0.15) is 0 Å². The second-order valence-electron chi connectivity index (χ2n) is 5.74. The minimum absolute atomic E-state index is 0.0533. The molecule has 2 heterocycles. The van der Waals surface area contributed by atoms with Crippen LogP contribution in [0.15, 0.2) is 23.5 Å². The highest BCUT2D eigenvalue weighted by molar-refractivity contribution is 5.96. The molecule has 0 amide bonds. The number of pyridine rings is 1. The lowest BCUT2D eigenvalue weighted by molar-refractivity contribution is 0.282. The van der Waals surface area contributed by atoms with E-state index in [9.17, 15) is 0 Å². The molecule has 0 aromatic carbocycles. The lowest BCUT2D eigenvalue weighted by Crippen LogP contribution is -2.32. The first-order valence-electron chi connectivity index (χ1n) is 7.55. The summed E-state index contributed by atoms with van der Waals surface area (Å²) < 4.78 is 0. The number of rotatable bonds is 7. The largest absolute Gasteiger partial charge is 0.409 e. The molecule has 1 aromatic rings. The number of nitrogens with zero attached hydrogens (tertiary/aromatic N) is 3. The van der Waals surface area contributed by atoms with Crippen molar-refractivity contribution in [2.45, 2.75) is 26.3 Å². The molecule has 6 nitrogen and oxygen atoms in total. The van der Waals surface area contributed by atoms with E-state index in [2.05, 4.69) is 27.3 Å². The normalized spacial score (nSPS) is 18.0. The van der Waals surface area contributed by atoms with Crippen LogP contribution >= 0.6 is 0 Å². The highest BCUT2D eigenvalue weighted by Gasteiger charge is 2.14. The zero-order valence-corrected chi connectivity index (χ0v) is 12.6. The Labute approximate surface area is 126 Å². The highest BCUT2D eigenvalue weighted by atomic mass is 16.4. The third-order valence-corrected chi connectivity index (χ3v) is 3.82. The first kappa shape index (κ1) is 15.7. The van der Waals surface area contributed by atoms with Gasteiger partial charge in [0, 0.05) is 19.3 Å². The molecule has 1 unspecified atom stereocenters. The second-order valence-corrected chi connectivity index (χ2v) is 5.74. The molecular formula is C15H25N5O. The molecule has 0 saturated carbocycles. The summed E-state index contributed by atoms with van der Waals surface area (Å²) >= 11 is 0. The van der Waals surface area contributed by atoms with Gasteiger partial charge in [-0.25, -0.2) is 0 Å². The summed E-state index contributed by atoms with van der Waals surface area (Å²) in [5.74, 6) is 0.657. The topological polar surface area (TPSA) is 86.8 Å². The minimum atomic E-state index is 0.0533.